The van der Waals surface area contributed by atoms with Crippen molar-refractivity contribution < 1.29 is 0 Å². The zero-order chi connectivity index (χ0) is 23.6. The van der Waals surface area contributed by atoms with Gasteiger partial charge in [0.25, 0.3) is 0 Å². The van der Waals surface area contributed by atoms with E-state index in [1.165, 1.54) is 0 Å². The lowest BCUT2D eigenvalue weighted by atomic mass is 9.67. The Labute approximate surface area is 221 Å². The largest absolute Gasteiger partial charge is 0.0954 e. The summed E-state index contributed by atoms with van der Waals surface area (Å²) in [4.78, 5) is 0. The highest BCUT2D eigenvalue weighted by Gasteiger charge is 2.57. The van der Waals surface area contributed by atoms with Crippen molar-refractivity contribution in [2.45, 2.75) is 164 Å². The molecule has 200 valence electrons. The minimum atomic E-state index is 0.279. The van der Waals surface area contributed by atoms with E-state index in [4.69, 9.17) is 0 Å². The van der Waals surface area contributed by atoms with Crippen LogP contribution in [0.3, 0.4) is 0 Å². The van der Waals surface area contributed by atoms with Crippen molar-refractivity contribution in [1.29, 1.82) is 0 Å². The smallest absolute Gasteiger partial charge is 0.00347 e. The average molecular weight is 517 g/mol. The zero-order valence-corrected chi connectivity index (χ0v) is 25.1. The van der Waals surface area contributed by atoms with Crippen LogP contribution in [0.2, 0.25) is 0 Å². The molecule has 0 bridgehead atoms. The molecule has 2 heteroatoms. The Morgan fingerprint density at radius 2 is 0.657 bits per heavy atom. The van der Waals surface area contributed by atoms with E-state index in [-0.39, 0.29) is 15.8 Å². The van der Waals surface area contributed by atoms with Gasteiger partial charge in [-0.3, -0.25) is 0 Å². The predicted octanol–water partition coefficient (Wildman–Crippen LogP) is 11.3. The van der Waals surface area contributed by atoms with Gasteiger partial charge >= 0.3 is 0 Å². The molecule has 0 aromatic heterocycles. The van der Waals surface area contributed by atoms with E-state index < -0.39 is 0 Å². The van der Waals surface area contributed by atoms with Crippen molar-refractivity contribution >= 4 is 15.8 Å². The Bertz CT molecular complexity index is 556. The highest BCUT2D eigenvalue weighted by atomic mass is 31.2. The first-order valence-corrected chi connectivity index (χ1v) is 20.3. The fourth-order valence-corrected chi connectivity index (χ4v) is 22.2. The lowest BCUT2D eigenvalue weighted by molar-refractivity contribution is 0.166. The van der Waals surface area contributed by atoms with Crippen molar-refractivity contribution in [1.82, 2.24) is 0 Å². The van der Waals surface area contributed by atoms with E-state index in [0.717, 1.165) is 34.0 Å². The SMILES string of the molecule is C1CCC(C2(C3CCCCC3)CCCP2CP2CCCC2(C2CCCCC2)C2CCCCC2)CC1. The van der Waals surface area contributed by atoms with Gasteiger partial charge < -0.3 is 0 Å². The van der Waals surface area contributed by atoms with Crippen LogP contribution in [-0.4, -0.2) is 28.5 Å². The second kappa shape index (κ2) is 11.9. The summed E-state index contributed by atoms with van der Waals surface area (Å²) < 4.78 is 0. The Morgan fingerprint density at radius 3 is 0.943 bits per heavy atom. The van der Waals surface area contributed by atoms with Crippen LogP contribution in [0.25, 0.3) is 0 Å². The van der Waals surface area contributed by atoms with Crippen LogP contribution in [0.4, 0.5) is 0 Å². The zero-order valence-electron chi connectivity index (χ0n) is 23.3. The van der Waals surface area contributed by atoms with E-state index in [2.05, 4.69) is 0 Å². The lowest BCUT2D eigenvalue weighted by Gasteiger charge is -2.55. The summed E-state index contributed by atoms with van der Waals surface area (Å²) in [5, 5.41) is 1.71. The maximum Gasteiger partial charge on any atom is -0.00347 e. The van der Waals surface area contributed by atoms with Gasteiger partial charge in [-0.2, -0.15) is 0 Å². The standard InChI is InChI=1S/C33H58P2/c1-5-15-28(16-6-1)32(29-17-7-2-8-18-29)23-13-25-34(32)27-35-26-14-24-33(35,30-19-9-3-10-20-30)31-21-11-4-12-22-31/h28-31H,1-27H2. The Balaban J connectivity index is 1.30. The van der Waals surface area contributed by atoms with Gasteiger partial charge in [0, 0.05) is 0 Å². The molecule has 0 amide bonds. The number of hydrogen-bond donors (Lipinski definition) is 0. The molecule has 2 atom stereocenters. The number of rotatable bonds is 6. The van der Waals surface area contributed by atoms with Crippen molar-refractivity contribution in [3.63, 3.8) is 0 Å². The van der Waals surface area contributed by atoms with Gasteiger partial charge in [0.2, 0.25) is 0 Å². The Kier molecular flexibility index (Phi) is 8.90. The molecule has 2 saturated heterocycles. The van der Waals surface area contributed by atoms with Crippen LogP contribution in [-0.2, 0) is 0 Å². The summed E-state index contributed by atoms with van der Waals surface area (Å²) in [5.41, 5.74) is 0. The third kappa shape index (κ3) is 4.99. The van der Waals surface area contributed by atoms with Crippen molar-refractivity contribution in [3.05, 3.63) is 0 Å². The average Bonchev–Trinajstić information content (AvgIpc) is 3.57. The van der Waals surface area contributed by atoms with Gasteiger partial charge in [0.15, 0.2) is 0 Å². The van der Waals surface area contributed by atoms with Crippen LogP contribution in [0, 0.1) is 23.7 Å². The van der Waals surface area contributed by atoms with Crippen molar-refractivity contribution in [2.75, 3.05) is 18.2 Å². The quantitative estimate of drug-likeness (QED) is 0.308. The molecule has 0 aromatic carbocycles. The summed E-state index contributed by atoms with van der Waals surface area (Å²) in [6.45, 7) is 0. The third-order valence-corrected chi connectivity index (χ3v) is 21.5. The van der Waals surface area contributed by atoms with Crippen LogP contribution in [0.5, 0.6) is 0 Å². The van der Waals surface area contributed by atoms with Gasteiger partial charge in [0.05, 0.1) is 0 Å². The maximum absolute atomic E-state index is 1.81. The lowest BCUT2D eigenvalue weighted by Crippen LogP contribution is -2.46. The predicted molar refractivity (Wildman–Crippen MR) is 159 cm³/mol. The van der Waals surface area contributed by atoms with Crippen molar-refractivity contribution in [3.8, 4) is 0 Å². The highest BCUT2D eigenvalue weighted by Crippen LogP contribution is 2.78. The molecule has 4 saturated carbocycles. The summed E-state index contributed by atoms with van der Waals surface area (Å²) in [6.07, 6.45) is 41.8. The summed E-state index contributed by atoms with van der Waals surface area (Å²) in [5.74, 6) is 6.38. The third-order valence-electron chi connectivity index (χ3n) is 12.8. The fraction of sp³-hybridized carbons (Fsp3) is 1.00. The van der Waals surface area contributed by atoms with E-state index in [1.54, 1.807) is 166 Å². The van der Waals surface area contributed by atoms with Gasteiger partial charge in [0.1, 0.15) is 0 Å². The number of hydrogen-bond acceptors (Lipinski definition) is 0. The molecule has 6 aliphatic rings. The molecule has 2 heterocycles. The molecule has 0 aromatic rings. The first kappa shape index (κ1) is 26.1. The minimum Gasteiger partial charge on any atom is -0.0954 e. The van der Waals surface area contributed by atoms with Gasteiger partial charge in [-0.15, -0.1) is 0 Å². The first-order valence-electron chi connectivity index (χ1n) is 16.8. The molecule has 4 aliphatic carbocycles. The highest BCUT2D eigenvalue weighted by molar-refractivity contribution is 7.76. The summed E-state index contributed by atoms with van der Waals surface area (Å²) >= 11 is 0. The summed E-state index contributed by atoms with van der Waals surface area (Å²) in [6, 6.07) is 0. The Hall–Kier alpha value is 0.860. The van der Waals surface area contributed by atoms with E-state index >= 15 is 0 Å². The van der Waals surface area contributed by atoms with Crippen LogP contribution < -0.4 is 0 Å². The second-order valence-corrected chi connectivity index (χ2v) is 20.0. The van der Waals surface area contributed by atoms with E-state index in [0.29, 0.717) is 0 Å². The molecule has 6 fully saturated rings. The molecule has 35 heavy (non-hydrogen) atoms. The molecule has 0 nitrogen and oxygen atoms in total. The molecule has 0 N–H and O–H groups in total. The summed E-state index contributed by atoms with van der Waals surface area (Å²) in [7, 11) is 0.557. The van der Waals surface area contributed by atoms with Gasteiger partial charge in [-0.1, -0.05) is 92.9 Å². The van der Waals surface area contributed by atoms with Gasteiger partial charge in [-0.25, -0.2) is 0 Å². The van der Waals surface area contributed by atoms with Crippen molar-refractivity contribution in [2.24, 2.45) is 23.7 Å². The molecule has 2 aliphatic heterocycles. The van der Waals surface area contributed by atoms with E-state index in [9.17, 15) is 0 Å². The maximum atomic E-state index is 1.81. The van der Waals surface area contributed by atoms with Gasteiger partial charge in [-0.05, 0) is 129 Å². The fourth-order valence-electron chi connectivity index (χ4n) is 11.4. The molecule has 6 rings (SSSR count). The van der Waals surface area contributed by atoms with E-state index in [1.807, 2.05) is 5.90 Å². The Morgan fingerprint density at radius 1 is 0.371 bits per heavy atom. The molecular formula is C33H58P2. The van der Waals surface area contributed by atoms with Crippen LogP contribution >= 0.6 is 15.8 Å². The topological polar surface area (TPSA) is 0 Å². The van der Waals surface area contributed by atoms with Crippen LogP contribution in [0.15, 0.2) is 0 Å². The molecule has 0 spiro atoms. The first-order chi connectivity index (χ1) is 17.3. The molecular weight excluding hydrogens is 458 g/mol. The molecule has 0 radical (unpaired) electrons. The minimum absolute atomic E-state index is 0.279. The monoisotopic (exact) mass is 516 g/mol. The second-order valence-electron chi connectivity index (χ2n) is 14.2. The normalized spacial score (nSPS) is 36.0. The molecule has 2 unspecified atom stereocenters. The van der Waals surface area contributed by atoms with Crippen LogP contribution in [0.1, 0.15) is 154 Å².